The van der Waals surface area contributed by atoms with E-state index in [0.717, 1.165) is 35.6 Å². The molecule has 0 fully saturated rings. The number of hydrogen-bond donors (Lipinski definition) is 3. The van der Waals surface area contributed by atoms with Crippen LogP contribution in [-0.2, 0) is 12.8 Å². The van der Waals surface area contributed by atoms with Crippen molar-refractivity contribution < 1.29 is 0 Å². The standard InChI is InChI=1S/C26H23N5/c1-2-4-22-21(3-1)23(17-5-9-19(10-6-17)25-27-13-14-28-25)31-24(22)18-7-11-20(12-8-18)26-29-15-16-30-26/h5-16,31H,1-4H2,(H,27,28)(H,29,30). The first-order chi connectivity index (χ1) is 15.4. The number of hydrogen-bond acceptors (Lipinski definition) is 2. The van der Waals surface area contributed by atoms with E-state index in [4.69, 9.17) is 0 Å². The van der Waals surface area contributed by atoms with Crippen molar-refractivity contribution in [1.82, 2.24) is 24.9 Å². The normalized spacial score (nSPS) is 13.3. The lowest BCUT2D eigenvalue weighted by molar-refractivity contribution is 0.692. The van der Waals surface area contributed by atoms with Crippen LogP contribution >= 0.6 is 0 Å². The number of nitrogens with one attached hydrogen (secondary N) is 3. The number of rotatable bonds is 4. The number of benzene rings is 2. The smallest absolute Gasteiger partial charge is 0.137 e. The minimum absolute atomic E-state index is 0.900. The highest BCUT2D eigenvalue weighted by atomic mass is 14.9. The van der Waals surface area contributed by atoms with Crippen molar-refractivity contribution in [2.24, 2.45) is 0 Å². The van der Waals surface area contributed by atoms with Gasteiger partial charge in [0.15, 0.2) is 0 Å². The molecule has 1 aliphatic carbocycles. The monoisotopic (exact) mass is 405 g/mol. The average molecular weight is 406 g/mol. The van der Waals surface area contributed by atoms with E-state index in [1.54, 1.807) is 12.4 Å². The third-order valence-corrected chi connectivity index (χ3v) is 6.21. The summed E-state index contributed by atoms with van der Waals surface area (Å²) in [5.74, 6) is 1.80. The van der Waals surface area contributed by atoms with Gasteiger partial charge in [-0.2, -0.15) is 0 Å². The minimum atomic E-state index is 0.900. The quantitative estimate of drug-likeness (QED) is 0.343. The van der Waals surface area contributed by atoms with Crippen molar-refractivity contribution in [3.63, 3.8) is 0 Å². The van der Waals surface area contributed by atoms with E-state index in [-0.39, 0.29) is 0 Å². The number of imidazole rings is 2. The SMILES string of the molecule is c1c[nH]c(-c2ccc(-c3[nH]c(-c4ccc(-c5ncc[nH]5)cc4)c4c3CCCC4)cc2)n1. The predicted molar refractivity (Wildman–Crippen MR) is 123 cm³/mol. The van der Waals surface area contributed by atoms with Crippen LogP contribution in [0.25, 0.3) is 45.3 Å². The van der Waals surface area contributed by atoms with Crippen molar-refractivity contribution in [1.29, 1.82) is 0 Å². The second-order valence-corrected chi connectivity index (χ2v) is 8.07. The van der Waals surface area contributed by atoms with Crippen LogP contribution < -0.4 is 0 Å². The summed E-state index contributed by atoms with van der Waals surface area (Å²) in [6.45, 7) is 0. The zero-order valence-electron chi connectivity index (χ0n) is 17.2. The molecule has 3 aromatic heterocycles. The maximum atomic E-state index is 4.36. The Hall–Kier alpha value is -3.86. The third kappa shape index (κ3) is 3.19. The Morgan fingerprint density at radius 3 is 1.35 bits per heavy atom. The first-order valence-corrected chi connectivity index (χ1v) is 10.8. The van der Waals surface area contributed by atoms with E-state index in [1.807, 2.05) is 12.4 Å². The molecule has 0 aliphatic heterocycles. The van der Waals surface area contributed by atoms with Gasteiger partial charge < -0.3 is 15.0 Å². The molecule has 0 saturated heterocycles. The van der Waals surface area contributed by atoms with Crippen molar-refractivity contribution in [2.75, 3.05) is 0 Å². The molecule has 152 valence electrons. The molecular weight excluding hydrogens is 382 g/mol. The highest BCUT2D eigenvalue weighted by molar-refractivity contribution is 5.78. The molecule has 3 heterocycles. The number of aromatic nitrogens is 5. The fraction of sp³-hybridized carbons (Fsp3) is 0.154. The number of nitrogens with zero attached hydrogens (tertiary/aromatic N) is 2. The van der Waals surface area contributed by atoms with Gasteiger partial charge in [0.1, 0.15) is 11.6 Å². The van der Waals surface area contributed by atoms with E-state index in [0.29, 0.717) is 0 Å². The summed E-state index contributed by atoms with van der Waals surface area (Å²) in [4.78, 5) is 18.9. The van der Waals surface area contributed by atoms with Crippen LogP contribution in [0.4, 0.5) is 0 Å². The molecule has 0 atom stereocenters. The Morgan fingerprint density at radius 2 is 0.968 bits per heavy atom. The molecule has 5 nitrogen and oxygen atoms in total. The van der Waals surface area contributed by atoms with Gasteiger partial charge in [-0.3, -0.25) is 0 Å². The summed E-state index contributed by atoms with van der Waals surface area (Å²) in [6.07, 6.45) is 12.0. The first kappa shape index (κ1) is 18.0. The molecule has 0 radical (unpaired) electrons. The lowest BCUT2D eigenvalue weighted by Crippen LogP contribution is -2.01. The summed E-state index contributed by atoms with van der Waals surface area (Å²) in [5.41, 5.74) is 10.1. The summed E-state index contributed by atoms with van der Waals surface area (Å²) >= 11 is 0. The van der Waals surface area contributed by atoms with Gasteiger partial charge >= 0.3 is 0 Å². The zero-order valence-corrected chi connectivity index (χ0v) is 17.2. The first-order valence-electron chi connectivity index (χ1n) is 10.8. The molecule has 31 heavy (non-hydrogen) atoms. The van der Waals surface area contributed by atoms with Crippen LogP contribution in [0.1, 0.15) is 24.0 Å². The number of fused-ring (bicyclic) bond motifs is 1. The van der Waals surface area contributed by atoms with Gasteiger partial charge in [0.05, 0.1) is 0 Å². The van der Waals surface area contributed by atoms with Gasteiger partial charge in [-0.15, -0.1) is 0 Å². The van der Waals surface area contributed by atoms with Crippen molar-refractivity contribution in [3.05, 3.63) is 84.4 Å². The molecule has 0 spiro atoms. The van der Waals surface area contributed by atoms with Gasteiger partial charge in [-0.05, 0) is 47.9 Å². The lowest BCUT2D eigenvalue weighted by Gasteiger charge is -2.14. The predicted octanol–water partition coefficient (Wildman–Crippen LogP) is 6.01. The minimum Gasteiger partial charge on any atom is -0.354 e. The third-order valence-electron chi connectivity index (χ3n) is 6.21. The molecule has 0 saturated carbocycles. The van der Waals surface area contributed by atoms with Crippen LogP contribution in [-0.4, -0.2) is 24.9 Å². The van der Waals surface area contributed by atoms with Crippen LogP contribution in [0.5, 0.6) is 0 Å². The molecule has 5 aromatic rings. The van der Waals surface area contributed by atoms with Gasteiger partial charge in [0.2, 0.25) is 0 Å². The van der Waals surface area contributed by atoms with E-state index < -0.39 is 0 Å². The Bertz CT molecular complexity index is 1190. The summed E-state index contributed by atoms with van der Waals surface area (Å²) < 4.78 is 0. The van der Waals surface area contributed by atoms with Gasteiger partial charge in [-0.25, -0.2) is 9.97 Å². The Balaban J connectivity index is 1.39. The molecule has 0 unspecified atom stereocenters. The Kier molecular flexibility index (Phi) is 4.31. The fourth-order valence-corrected chi connectivity index (χ4v) is 4.66. The van der Waals surface area contributed by atoms with E-state index in [9.17, 15) is 0 Å². The van der Waals surface area contributed by atoms with E-state index >= 15 is 0 Å². The van der Waals surface area contributed by atoms with Crippen LogP contribution in [0.3, 0.4) is 0 Å². The molecule has 1 aliphatic rings. The highest BCUT2D eigenvalue weighted by Gasteiger charge is 2.22. The molecule has 3 N–H and O–H groups in total. The number of H-pyrrole nitrogens is 3. The fourth-order valence-electron chi connectivity index (χ4n) is 4.66. The van der Waals surface area contributed by atoms with E-state index in [1.165, 1.54) is 46.5 Å². The molecule has 6 rings (SSSR count). The maximum Gasteiger partial charge on any atom is 0.137 e. The van der Waals surface area contributed by atoms with Gasteiger partial charge in [-0.1, -0.05) is 48.5 Å². The Morgan fingerprint density at radius 1 is 0.548 bits per heavy atom. The van der Waals surface area contributed by atoms with Crippen molar-refractivity contribution >= 4 is 0 Å². The van der Waals surface area contributed by atoms with Crippen LogP contribution in [0.2, 0.25) is 0 Å². The molecular formula is C26H23N5. The summed E-state index contributed by atoms with van der Waals surface area (Å²) in [7, 11) is 0. The zero-order chi connectivity index (χ0) is 20.6. The second kappa shape index (κ2) is 7.43. The molecule has 2 aromatic carbocycles. The van der Waals surface area contributed by atoms with Crippen molar-refractivity contribution in [3.8, 4) is 45.3 Å². The maximum absolute atomic E-state index is 4.36. The van der Waals surface area contributed by atoms with Crippen LogP contribution in [0, 0.1) is 0 Å². The van der Waals surface area contributed by atoms with Gasteiger partial charge in [0, 0.05) is 47.3 Å². The highest BCUT2D eigenvalue weighted by Crippen LogP contribution is 2.39. The number of aromatic amines is 3. The summed E-state index contributed by atoms with van der Waals surface area (Å²) in [5, 5.41) is 0. The van der Waals surface area contributed by atoms with Crippen molar-refractivity contribution in [2.45, 2.75) is 25.7 Å². The topological polar surface area (TPSA) is 73.2 Å². The lowest BCUT2D eigenvalue weighted by atomic mass is 9.89. The van der Waals surface area contributed by atoms with Crippen LogP contribution in [0.15, 0.2) is 73.3 Å². The second-order valence-electron chi connectivity index (χ2n) is 8.07. The Labute approximate surface area is 180 Å². The molecule has 5 heteroatoms. The molecule has 0 amide bonds. The summed E-state index contributed by atoms with van der Waals surface area (Å²) in [6, 6.07) is 17.4. The van der Waals surface area contributed by atoms with Gasteiger partial charge in [0.25, 0.3) is 0 Å². The molecule has 0 bridgehead atoms. The average Bonchev–Trinajstić information content (AvgIpc) is 3.61. The largest absolute Gasteiger partial charge is 0.354 e. The van der Waals surface area contributed by atoms with E-state index in [2.05, 4.69) is 73.5 Å².